The molecule has 23 heavy (non-hydrogen) atoms. The standard InChI is InChI=1S/C18H31N5/c1-3-21-8-10-23(11-9-21)15-12-22(13-15)14-18-16-6-4-5-7-17(16)19-20(18)2/h15H,3-14H2,1-2H3. The van der Waals surface area contributed by atoms with Crippen molar-refractivity contribution in [3.63, 3.8) is 0 Å². The zero-order valence-corrected chi connectivity index (χ0v) is 14.8. The highest BCUT2D eigenvalue weighted by molar-refractivity contribution is 5.28. The third kappa shape index (κ3) is 3.06. The summed E-state index contributed by atoms with van der Waals surface area (Å²) in [7, 11) is 2.13. The van der Waals surface area contributed by atoms with Gasteiger partial charge in [-0.3, -0.25) is 14.5 Å². The minimum Gasteiger partial charge on any atom is -0.301 e. The van der Waals surface area contributed by atoms with E-state index in [4.69, 9.17) is 5.10 Å². The average Bonchev–Trinajstić information content (AvgIpc) is 2.86. The zero-order valence-electron chi connectivity index (χ0n) is 14.8. The number of aryl methyl sites for hydroxylation is 2. The molecule has 2 fully saturated rings. The second kappa shape index (κ2) is 6.54. The summed E-state index contributed by atoms with van der Waals surface area (Å²) >= 11 is 0. The Morgan fingerprint density at radius 2 is 1.74 bits per heavy atom. The molecule has 1 aromatic rings. The van der Waals surface area contributed by atoms with Gasteiger partial charge in [-0.1, -0.05) is 6.92 Å². The first-order valence-electron chi connectivity index (χ1n) is 9.47. The molecular weight excluding hydrogens is 286 g/mol. The lowest BCUT2D eigenvalue weighted by molar-refractivity contribution is 0.000986. The molecule has 0 bridgehead atoms. The summed E-state index contributed by atoms with van der Waals surface area (Å²) in [6, 6.07) is 0.790. The molecule has 0 atom stereocenters. The smallest absolute Gasteiger partial charge is 0.0659 e. The molecule has 0 unspecified atom stereocenters. The van der Waals surface area contributed by atoms with Gasteiger partial charge in [0.2, 0.25) is 0 Å². The summed E-state index contributed by atoms with van der Waals surface area (Å²) in [6.07, 6.45) is 5.09. The Bertz CT molecular complexity index is 538. The first-order valence-corrected chi connectivity index (χ1v) is 9.47. The molecule has 0 saturated carbocycles. The first kappa shape index (κ1) is 15.6. The van der Waals surface area contributed by atoms with Crippen LogP contribution in [0, 0.1) is 0 Å². The van der Waals surface area contributed by atoms with Crippen LogP contribution in [0.1, 0.15) is 36.7 Å². The summed E-state index contributed by atoms with van der Waals surface area (Å²) in [6.45, 7) is 12.1. The highest BCUT2D eigenvalue weighted by Gasteiger charge is 2.34. The maximum atomic E-state index is 4.76. The normalized spacial score (nSPS) is 24.6. The van der Waals surface area contributed by atoms with Gasteiger partial charge in [-0.25, -0.2) is 0 Å². The maximum absolute atomic E-state index is 4.76. The third-order valence-electron chi connectivity index (χ3n) is 6.13. The summed E-state index contributed by atoms with van der Waals surface area (Å²) in [5, 5.41) is 4.76. The van der Waals surface area contributed by atoms with Gasteiger partial charge in [0.25, 0.3) is 0 Å². The van der Waals surface area contributed by atoms with Crippen LogP contribution < -0.4 is 0 Å². The molecule has 0 amide bonds. The Kier molecular flexibility index (Phi) is 4.43. The van der Waals surface area contributed by atoms with Crippen LogP contribution in [0.2, 0.25) is 0 Å². The van der Waals surface area contributed by atoms with E-state index in [0.717, 1.165) is 12.6 Å². The van der Waals surface area contributed by atoms with Gasteiger partial charge in [0.1, 0.15) is 0 Å². The number of hydrogen-bond acceptors (Lipinski definition) is 4. The van der Waals surface area contributed by atoms with E-state index in [0.29, 0.717) is 0 Å². The molecule has 5 heteroatoms. The van der Waals surface area contributed by atoms with Gasteiger partial charge in [0, 0.05) is 58.9 Å². The second-order valence-electron chi connectivity index (χ2n) is 7.52. The monoisotopic (exact) mass is 317 g/mol. The molecule has 4 rings (SSSR count). The molecule has 0 aromatic carbocycles. The number of aromatic nitrogens is 2. The highest BCUT2D eigenvalue weighted by Crippen LogP contribution is 2.26. The maximum Gasteiger partial charge on any atom is 0.0659 e. The number of piperazine rings is 1. The fourth-order valence-electron chi connectivity index (χ4n) is 4.50. The number of hydrogen-bond donors (Lipinski definition) is 0. The number of rotatable bonds is 4. The van der Waals surface area contributed by atoms with Crippen molar-refractivity contribution < 1.29 is 0 Å². The molecule has 2 saturated heterocycles. The lowest BCUT2D eigenvalue weighted by atomic mass is 9.95. The molecule has 0 radical (unpaired) electrons. The van der Waals surface area contributed by atoms with E-state index in [9.17, 15) is 0 Å². The molecular formula is C18H31N5. The Labute approximate surface area is 140 Å². The molecule has 1 aliphatic carbocycles. The third-order valence-corrected chi connectivity index (χ3v) is 6.13. The van der Waals surface area contributed by atoms with Crippen LogP contribution in [0.5, 0.6) is 0 Å². The molecule has 128 valence electrons. The van der Waals surface area contributed by atoms with Crippen LogP contribution in [0.3, 0.4) is 0 Å². The van der Waals surface area contributed by atoms with Crippen LogP contribution in [-0.2, 0) is 26.4 Å². The highest BCUT2D eigenvalue weighted by atomic mass is 15.4. The van der Waals surface area contributed by atoms with Crippen LogP contribution in [-0.4, -0.2) is 76.3 Å². The Balaban J connectivity index is 1.31. The number of likely N-dealkylation sites (tertiary alicyclic amines) is 1. The summed E-state index contributed by atoms with van der Waals surface area (Å²) in [4.78, 5) is 7.89. The topological polar surface area (TPSA) is 27.5 Å². The molecule has 5 nitrogen and oxygen atoms in total. The van der Waals surface area contributed by atoms with Crippen LogP contribution in [0.25, 0.3) is 0 Å². The number of nitrogens with zero attached hydrogens (tertiary/aromatic N) is 5. The summed E-state index contributed by atoms with van der Waals surface area (Å²) in [5.41, 5.74) is 4.43. The average molecular weight is 317 g/mol. The van der Waals surface area contributed by atoms with E-state index in [1.54, 1.807) is 5.56 Å². The van der Waals surface area contributed by atoms with Gasteiger partial charge in [0.15, 0.2) is 0 Å². The van der Waals surface area contributed by atoms with Crippen molar-refractivity contribution in [3.05, 3.63) is 17.0 Å². The predicted molar refractivity (Wildman–Crippen MR) is 92.6 cm³/mol. The van der Waals surface area contributed by atoms with Gasteiger partial charge in [-0.05, 0) is 37.8 Å². The predicted octanol–water partition coefficient (Wildman–Crippen LogP) is 1.12. The van der Waals surface area contributed by atoms with Crippen molar-refractivity contribution in [2.24, 2.45) is 7.05 Å². The Morgan fingerprint density at radius 1 is 1.00 bits per heavy atom. The van der Waals surface area contributed by atoms with Crippen molar-refractivity contribution in [1.29, 1.82) is 0 Å². The van der Waals surface area contributed by atoms with Crippen molar-refractivity contribution in [2.45, 2.75) is 45.2 Å². The summed E-state index contributed by atoms with van der Waals surface area (Å²) < 4.78 is 2.16. The molecule has 0 spiro atoms. The molecule has 0 N–H and O–H groups in total. The zero-order chi connectivity index (χ0) is 15.8. The SMILES string of the molecule is CCN1CCN(C2CN(Cc3c4c(nn3C)CCCC4)C2)CC1. The van der Waals surface area contributed by atoms with Gasteiger partial charge in [-0.2, -0.15) is 5.10 Å². The van der Waals surface area contributed by atoms with Gasteiger partial charge < -0.3 is 4.90 Å². The van der Waals surface area contributed by atoms with E-state index < -0.39 is 0 Å². The van der Waals surface area contributed by atoms with E-state index in [1.165, 1.54) is 82.9 Å². The van der Waals surface area contributed by atoms with E-state index in [2.05, 4.69) is 33.4 Å². The van der Waals surface area contributed by atoms with E-state index in [-0.39, 0.29) is 0 Å². The van der Waals surface area contributed by atoms with Crippen molar-refractivity contribution in [2.75, 3.05) is 45.8 Å². The molecule has 1 aromatic heterocycles. The fourth-order valence-corrected chi connectivity index (χ4v) is 4.50. The van der Waals surface area contributed by atoms with Gasteiger partial charge >= 0.3 is 0 Å². The number of fused-ring (bicyclic) bond motifs is 1. The van der Waals surface area contributed by atoms with Crippen LogP contribution >= 0.6 is 0 Å². The van der Waals surface area contributed by atoms with Crippen molar-refractivity contribution >= 4 is 0 Å². The van der Waals surface area contributed by atoms with Gasteiger partial charge in [0.05, 0.1) is 11.4 Å². The van der Waals surface area contributed by atoms with E-state index >= 15 is 0 Å². The summed E-state index contributed by atoms with van der Waals surface area (Å²) in [5.74, 6) is 0. The van der Waals surface area contributed by atoms with Gasteiger partial charge in [-0.15, -0.1) is 0 Å². The second-order valence-corrected chi connectivity index (χ2v) is 7.52. The Hall–Kier alpha value is -0.910. The minimum atomic E-state index is 0.790. The largest absolute Gasteiger partial charge is 0.301 e. The van der Waals surface area contributed by atoms with Crippen molar-refractivity contribution in [3.8, 4) is 0 Å². The fraction of sp³-hybridized carbons (Fsp3) is 0.833. The molecule has 2 aliphatic heterocycles. The Morgan fingerprint density at radius 3 is 2.48 bits per heavy atom. The minimum absolute atomic E-state index is 0.790. The quantitative estimate of drug-likeness (QED) is 0.832. The van der Waals surface area contributed by atoms with Crippen molar-refractivity contribution in [1.82, 2.24) is 24.5 Å². The van der Waals surface area contributed by atoms with Crippen LogP contribution in [0.15, 0.2) is 0 Å². The molecule has 3 heterocycles. The lowest BCUT2D eigenvalue weighted by Crippen LogP contribution is -2.62. The van der Waals surface area contributed by atoms with Crippen LogP contribution in [0.4, 0.5) is 0 Å². The number of likely N-dealkylation sites (N-methyl/N-ethyl adjacent to an activating group) is 1. The molecule has 3 aliphatic rings. The lowest BCUT2D eigenvalue weighted by Gasteiger charge is -2.48. The van der Waals surface area contributed by atoms with E-state index in [1.807, 2.05) is 0 Å². The first-order chi connectivity index (χ1) is 11.2.